The van der Waals surface area contributed by atoms with E-state index in [1.165, 1.54) is 0 Å². The molecule has 1 saturated carbocycles. The molecule has 0 aromatic rings. The summed E-state index contributed by atoms with van der Waals surface area (Å²) in [4.78, 5) is 13.6. The summed E-state index contributed by atoms with van der Waals surface area (Å²) >= 11 is 0. The van der Waals surface area contributed by atoms with Crippen LogP contribution in [0.25, 0.3) is 0 Å². The van der Waals surface area contributed by atoms with E-state index in [1.807, 2.05) is 0 Å². The Morgan fingerprint density at radius 2 is 2.17 bits per heavy atom. The Morgan fingerprint density at radius 1 is 1.56 bits per heavy atom. The molecule has 102 valence electrons. The molecule has 1 fully saturated rings. The minimum atomic E-state index is -3.09. The highest BCUT2D eigenvalue weighted by Crippen LogP contribution is 2.29. The lowest BCUT2D eigenvalue weighted by molar-refractivity contribution is -0.132. The molecule has 0 aliphatic heterocycles. The second kappa shape index (κ2) is 6.21. The van der Waals surface area contributed by atoms with Crippen molar-refractivity contribution in [2.45, 2.75) is 25.3 Å². The van der Waals surface area contributed by atoms with Crippen LogP contribution in [-0.2, 0) is 14.6 Å². The molecule has 1 aliphatic rings. The van der Waals surface area contributed by atoms with Crippen molar-refractivity contribution in [3.8, 4) is 12.3 Å². The summed E-state index contributed by atoms with van der Waals surface area (Å²) in [6.45, 7) is 0.873. The monoisotopic (exact) mass is 272 g/mol. The summed E-state index contributed by atoms with van der Waals surface area (Å²) in [5.74, 6) is 2.65. The molecule has 18 heavy (non-hydrogen) atoms. The Morgan fingerprint density at radius 3 is 2.61 bits per heavy atom. The zero-order valence-corrected chi connectivity index (χ0v) is 11.4. The zero-order chi connectivity index (χ0) is 13.8. The summed E-state index contributed by atoms with van der Waals surface area (Å²) < 4.78 is 22.1. The van der Waals surface area contributed by atoms with Crippen LogP contribution >= 0.6 is 0 Å². The largest absolute Gasteiger partial charge is 0.330 e. The fraction of sp³-hybridized carbons (Fsp3) is 0.750. The van der Waals surface area contributed by atoms with Crippen molar-refractivity contribution in [1.82, 2.24) is 4.90 Å². The predicted molar refractivity (Wildman–Crippen MR) is 70.4 cm³/mol. The number of carbonyl (C=O) groups excluding carboxylic acids is 1. The van der Waals surface area contributed by atoms with E-state index in [4.69, 9.17) is 12.2 Å². The van der Waals surface area contributed by atoms with Crippen LogP contribution < -0.4 is 5.73 Å². The highest BCUT2D eigenvalue weighted by atomic mass is 32.2. The lowest BCUT2D eigenvalue weighted by atomic mass is 10.2. The number of amides is 1. The first-order valence-electron chi connectivity index (χ1n) is 5.99. The molecule has 0 heterocycles. The maximum Gasteiger partial charge on any atom is 0.240 e. The molecule has 6 heteroatoms. The third-order valence-corrected chi connectivity index (χ3v) is 3.86. The van der Waals surface area contributed by atoms with Gasteiger partial charge >= 0.3 is 0 Å². The van der Waals surface area contributed by atoms with Crippen LogP contribution in [0, 0.1) is 18.3 Å². The number of rotatable bonds is 7. The van der Waals surface area contributed by atoms with Gasteiger partial charge in [0.1, 0.15) is 9.84 Å². The molecule has 0 saturated heterocycles. The second-order valence-corrected chi connectivity index (χ2v) is 7.15. The molecule has 2 N–H and O–H groups in total. The van der Waals surface area contributed by atoms with Crippen molar-refractivity contribution in [1.29, 1.82) is 0 Å². The first kappa shape index (κ1) is 15.0. The van der Waals surface area contributed by atoms with Gasteiger partial charge in [-0.3, -0.25) is 4.79 Å². The lowest BCUT2D eigenvalue weighted by Crippen LogP contribution is -2.45. The van der Waals surface area contributed by atoms with E-state index < -0.39 is 15.9 Å². The quantitative estimate of drug-likeness (QED) is 0.641. The van der Waals surface area contributed by atoms with Gasteiger partial charge in [-0.15, -0.1) is 6.42 Å². The summed E-state index contributed by atoms with van der Waals surface area (Å²) in [7, 11) is -3.09. The molecule has 1 unspecified atom stereocenters. The standard InChI is InChI=1S/C12H20N2O3S/c1-3-7-14(9-10-4-5-10)12(15)11(13)6-8-18(2,16)17/h1,10-11H,4-9,13H2,2H3. The Bertz CT molecular complexity index is 435. The molecule has 1 rings (SSSR count). The van der Waals surface area contributed by atoms with Gasteiger partial charge in [-0.25, -0.2) is 8.42 Å². The predicted octanol–water partition coefficient (Wildman–Crippen LogP) is -0.380. The van der Waals surface area contributed by atoms with Crippen molar-refractivity contribution in [3.05, 3.63) is 0 Å². The van der Waals surface area contributed by atoms with E-state index in [2.05, 4.69) is 5.92 Å². The molecule has 1 aliphatic carbocycles. The molecule has 0 aromatic heterocycles. The molecule has 1 atom stereocenters. The third-order valence-electron chi connectivity index (χ3n) is 2.89. The molecule has 0 bridgehead atoms. The number of terminal acetylenes is 1. The van der Waals surface area contributed by atoms with Gasteiger partial charge in [0.25, 0.3) is 0 Å². The van der Waals surface area contributed by atoms with Gasteiger partial charge in [-0.2, -0.15) is 0 Å². The average molecular weight is 272 g/mol. The summed E-state index contributed by atoms with van der Waals surface area (Å²) in [5.41, 5.74) is 5.73. The van der Waals surface area contributed by atoms with Crippen molar-refractivity contribution >= 4 is 15.7 Å². The normalized spacial score (nSPS) is 16.9. The van der Waals surface area contributed by atoms with Crippen LogP contribution in [-0.4, -0.2) is 50.4 Å². The minimum absolute atomic E-state index is 0.0762. The van der Waals surface area contributed by atoms with Crippen LogP contribution in [0.3, 0.4) is 0 Å². The van der Waals surface area contributed by atoms with E-state index in [0.717, 1.165) is 19.1 Å². The first-order chi connectivity index (χ1) is 8.33. The van der Waals surface area contributed by atoms with Crippen LogP contribution in [0.2, 0.25) is 0 Å². The molecule has 1 amide bonds. The lowest BCUT2D eigenvalue weighted by Gasteiger charge is -2.23. The SMILES string of the molecule is C#CCN(CC1CC1)C(=O)C(N)CCS(C)(=O)=O. The molecule has 0 aromatic carbocycles. The topological polar surface area (TPSA) is 80.5 Å². The smallest absolute Gasteiger partial charge is 0.240 e. The van der Waals surface area contributed by atoms with Crippen molar-refractivity contribution in [2.24, 2.45) is 11.7 Å². The van der Waals surface area contributed by atoms with E-state index in [-0.39, 0.29) is 24.6 Å². The van der Waals surface area contributed by atoms with Crippen LogP contribution in [0.4, 0.5) is 0 Å². The van der Waals surface area contributed by atoms with Crippen molar-refractivity contribution < 1.29 is 13.2 Å². The number of nitrogens with zero attached hydrogens (tertiary/aromatic N) is 1. The van der Waals surface area contributed by atoms with Crippen LogP contribution in [0.15, 0.2) is 0 Å². The first-order valence-corrected chi connectivity index (χ1v) is 8.05. The number of hydrogen-bond acceptors (Lipinski definition) is 4. The van der Waals surface area contributed by atoms with Crippen LogP contribution in [0.5, 0.6) is 0 Å². The molecule has 0 spiro atoms. The Hall–Kier alpha value is -1.06. The maximum atomic E-state index is 12.0. The number of carbonyl (C=O) groups is 1. The molecular weight excluding hydrogens is 252 g/mol. The molecule has 0 radical (unpaired) electrons. The number of sulfone groups is 1. The van der Waals surface area contributed by atoms with E-state index in [0.29, 0.717) is 12.5 Å². The van der Waals surface area contributed by atoms with Crippen molar-refractivity contribution in [2.75, 3.05) is 25.1 Å². The Kier molecular flexibility index (Phi) is 5.17. The van der Waals surface area contributed by atoms with Gasteiger partial charge in [-0.05, 0) is 25.2 Å². The van der Waals surface area contributed by atoms with Crippen molar-refractivity contribution in [3.63, 3.8) is 0 Å². The van der Waals surface area contributed by atoms with Gasteiger partial charge in [-0.1, -0.05) is 5.92 Å². The fourth-order valence-electron chi connectivity index (χ4n) is 1.65. The van der Waals surface area contributed by atoms with E-state index >= 15 is 0 Å². The Labute approximate surface area is 109 Å². The fourth-order valence-corrected chi connectivity index (χ4v) is 2.34. The summed E-state index contributed by atoms with van der Waals surface area (Å²) in [5, 5.41) is 0. The second-order valence-electron chi connectivity index (χ2n) is 4.89. The highest BCUT2D eigenvalue weighted by Gasteiger charge is 2.28. The minimum Gasteiger partial charge on any atom is -0.330 e. The van der Waals surface area contributed by atoms with Gasteiger partial charge < -0.3 is 10.6 Å². The number of hydrogen-bond donors (Lipinski definition) is 1. The highest BCUT2D eigenvalue weighted by molar-refractivity contribution is 7.90. The summed E-state index contributed by atoms with van der Waals surface area (Å²) in [6, 6.07) is -0.785. The molecule has 5 nitrogen and oxygen atoms in total. The van der Waals surface area contributed by atoms with E-state index in [9.17, 15) is 13.2 Å². The van der Waals surface area contributed by atoms with Crippen LogP contribution in [0.1, 0.15) is 19.3 Å². The summed E-state index contributed by atoms with van der Waals surface area (Å²) in [6.07, 6.45) is 8.74. The Balaban J connectivity index is 2.50. The zero-order valence-electron chi connectivity index (χ0n) is 10.6. The van der Waals surface area contributed by atoms with Gasteiger partial charge in [0.15, 0.2) is 0 Å². The average Bonchev–Trinajstić information content (AvgIpc) is 3.07. The van der Waals surface area contributed by atoms with E-state index in [1.54, 1.807) is 4.90 Å². The van der Waals surface area contributed by atoms with Gasteiger partial charge in [0.2, 0.25) is 5.91 Å². The third kappa shape index (κ3) is 5.52. The van der Waals surface area contributed by atoms with Gasteiger partial charge in [0.05, 0.1) is 18.3 Å². The molecular formula is C12H20N2O3S. The maximum absolute atomic E-state index is 12.0. The van der Waals surface area contributed by atoms with Gasteiger partial charge in [0, 0.05) is 12.8 Å². The number of nitrogens with two attached hydrogens (primary N) is 1.